The highest BCUT2D eigenvalue weighted by molar-refractivity contribution is 5.94. The second-order valence-electron chi connectivity index (χ2n) is 8.06. The highest BCUT2D eigenvalue weighted by atomic mass is 19.4. The molecule has 34 heavy (non-hydrogen) atoms. The number of carbonyl (C=O) groups is 2. The van der Waals surface area contributed by atoms with Gasteiger partial charge in [0.05, 0.1) is 11.5 Å². The van der Waals surface area contributed by atoms with Gasteiger partial charge in [0.2, 0.25) is 11.8 Å². The van der Waals surface area contributed by atoms with Crippen molar-refractivity contribution in [1.29, 1.82) is 0 Å². The quantitative estimate of drug-likeness (QED) is 0.543. The van der Waals surface area contributed by atoms with Crippen LogP contribution in [-0.2, 0) is 11.0 Å². The zero-order chi connectivity index (χ0) is 25.1. The van der Waals surface area contributed by atoms with E-state index in [-0.39, 0.29) is 11.6 Å². The molecular formula is C23H22F6N2O3. The van der Waals surface area contributed by atoms with Crippen molar-refractivity contribution in [1.82, 2.24) is 5.32 Å². The minimum Gasteiger partial charge on any atom is -0.406 e. The van der Waals surface area contributed by atoms with E-state index in [1.807, 2.05) is 0 Å². The summed E-state index contributed by atoms with van der Waals surface area (Å²) in [5, 5.41) is 2.78. The number of amides is 2. The lowest BCUT2D eigenvalue weighted by Crippen LogP contribution is -2.40. The normalized spacial score (nSPS) is 16.1. The Bertz CT molecular complexity index is 1030. The second kappa shape index (κ2) is 9.94. The van der Waals surface area contributed by atoms with Crippen LogP contribution in [-0.4, -0.2) is 24.2 Å². The maximum atomic E-state index is 13.9. The SMILES string of the molecule is NC(=O)c1ccc(C(C(=O)NC2CCCCC2)c2ccc(OC(F)(F)F)cc2)c(C(F)(F)F)c1. The predicted molar refractivity (Wildman–Crippen MR) is 110 cm³/mol. The minimum atomic E-state index is -4.95. The lowest BCUT2D eigenvalue weighted by Gasteiger charge is -2.27. The molecule has 2 aromatic rings. The topological polar surface area (TPSA) is 81.4 Å². The van der Waals surface area contributed by atoms with Gasteiger partial charge < -0.3 is 15.8 Å². The van der Waals surface area contributed by atoms with Crippen LogP contribution in [0.3, 0.4) is 0 Å². The van der Waals surface area contributed by atoms with Crippen molar-refractivity contribution >= 4 is 11.8 Å². The maximum Gasteiger partial charge on any atom is 0.573 e. The molecule has 2 aromatic carbocycles. The maximum absolute atomic E-state index is 13.9. The van der Waals surface area contributed by atoms with Crippen LogP contribution in [0.1, 0.15) is 65.1 Å². The van der Waals surface area contributed by atoms with Gasteiger partial charge >= 0.3 is 12.5 Å². The Balaban J connectivity index is 2.06. The molecule has 0 aromatic heterocycles. The van der Waals surface area contributed by atoms with Gasteiger partial charge in [0, 0.05) is 11.6 Å². The van der Waals surface area contributed by atoms with Crippen LogP contribution in [0.2, 0.25) is 0 Å². The number of primary amides is 1. The summed E-state index contributed by atoms with van der Waals surface area (Å²) >= 11 is 0. The molecule has 11 heteroatoms. The minimum absolute atomic E-state index is 0.0279. The van der Waals surface area contributed by atoms with Gasteiger partial charge in [0.1, 0.15) is 5.75 Å². The van der Waals surface area contributed by atoms with Gasteiger partial charge in [-0.05, 0) is 48.2 Å². The molecule has 5 nitrogen and oxygen atoms in total. The van der Waals surface area contributed by atoms with Crippen molar-refractivity contribution in [2.75, 3.05) is 0 Å². The Morgan fingerprint density at radius 1 is 0.941 bits per heavy atom. The van der Waals surface area contributed by atoms with Crippen molar-refractivity contribution in [3.05, 3.63) is 64.7 Å². The van der Waals surface area contributed by atoms with Gasteiger partial charge in [-0.3, -0.25) is 9.59 Å². The van der Waals surface area contributed by atoms with E-state index >= 15 is 0 Å². The lowest BCUT2D eigenvalue weighted by atomic mass is 9.85. The van der Waals surface area contributed by atoms with E-state index < -0.39 is 52.7 Å². The molecule has 1 unspecified atom stereocenters. The molecule has 1 atom stereocenters. The molecule has 3 rings (SSSR count). The monoisotopic (exact) mass is 488 g/mol. The fourth-order valence-electron chi connectivity index (χ4n) is 4.07. The summed E-state index contributed by atoms with van der Waals surface area (Å²) in [7, 11) is 0. The summed E-state index contributed by atoms with van der Waals surface area (Å²) in [6.07, 6.45) is -5.83. The van der Waals surface area contributed by atoms with E-state index in [0.29, 0.717) is 18.9 Å². The Hall–Kier alpha value is -3.24. The first-order valence-corrected chi connectivity index (χ1v) is 10.5. The van der Waals surface area contributed by atoms with Crippen molar-refractivity contribution in [3.63, 3.8) is 0 Å². The van der Waals surface area contributed by atoms with Gasteiger partial charge in [-0.2, -0.15) is 13.2 Å². The predicted octanol–water partition coefficient (Wildman–Crippen LogP) is 5.28. The highest BCUT2D eigenvalue weighted by Gasteiger charge is 2.39. The van der Waals surface area contributed by atoms with Gasteiger partial charge in [-0.15, -0.1) is 13.2 Å². The largest absolute Gasteiger partial charge is 0.573 e. The van der Waals surface area contributed by atoms with Crippen molar-refractivity contribution in [3.8, 4) is 5.75 Å². The van der Waals surface area contributed by atoms with Crippen LogP contribution in [0, 0.1) is 0 Å². The first kappa shape index (κ1) is 25.4. The van der Waals surface area contributed by atoms with Gasteiger partial charge in [0.25, 0.3) is 0 Å². The highest BCUT2D eigenvalue weighted by Crippen LogP contribution is 2.39. The third-order valence-electron chi connectivity index (χ3n) is 5.61. The smallest absolute Gasteiger partial charge is 0.406 e. The number of ether oxygens (including phenoxy) is 1. The van der Waals surface area contributed by atoms with Crippen molar-refractivity contribution in [2.45, 2.75) is 56.6 Å². The average molecular weight is 488 g/mol. The number of carbonyl (C=O) groups excluding carboxylic acids is 2. The molecule has 0 saturated heterocycles. The summed E-state index contributed by atoms with van der Waals surface area (Å²) in [5.74, 6) is -3.88. The van der Waals surface area contributed by atoms with Gasteiger partial charge in [-0.1, -0.05) is 37.5 Å². The van der Waals surface area contributed by atoms with Crippen LogP contribution < -0.4 is 15.8 Å². The molecule has 3 N–H and O–H groups in total. The van der Waals surface area contributed by atoms with Crippen molar-refractivity contribution < 1.29 is 40.7 Å². The molecular weight excluding hydrogens is 466 g/mol. The van der Waals surface area contributed by atoms with Crippen LogP contribution in [0.25, 0.3) is 0 Å². The third-order valence-corrected chi connectivity index (χ3v) is 5.61. The molecule has 0 heterocycles. The molecule has 2 amide bonds. The average Bonchev–Trinajstić information content (AvgIpc) is 2.74. The van der Waals surface area contributed by atoms with E-state index in [9.17, 15) is 35.9 Å². The van der Waals surface area contributed by atoms with Gasteiger partial charge in [-0.25, -0.2) is 0 Å². The van der Waals surface area contributed by atoms with Crippen LogP contribution >= 0.6 is 0 Å². The van der Waals surface area contributed by atoms with E-state index in [4.69, 9.17) is 5.73 Å². The number of alkyl halides is 6. The molecule has 0 spiro atoms. The summed E-state index contributed by atoms with van der Waals surface area (Å²) in [5.41, 5.74) is 3.08. The number of halogens is 6. The summed E-state index contributed by atoms with van der Waals surface area (Å²) < 4.78 is 83.0. The first-order valence-electron chi connectivity index (χ1n) is 10.5. The zero-order valence-electron chi connectivity index (χ0n) is 17.8. The van der Waals surface area contributed by atoms with Gasteiger partial charge in [0.15, 0.2) is 0 Å². The van der Waals surface area contributed by atoms with Crippen LogP contribution in [0.4, 0.5) is 26.3 Å². The Morgan fingerprint density at radius 3 is 2.09 bits per heavy atom. The third kappa shape index (κ3) is 6.42. The number of nitrogens with one attached hydrogen (secondary N) is 1. The second-order valence-corrected chi connectivity index (χ2v) is 8.06. The van der Waals surface area contributed by atoms with Crippen LogP contribution in [0.15, 0.2) is 42.5 Å². The molecule has 184 valence electrons. The summed E-state index contributed by atoms with van der Waals surface area (Å²) in [6, 6.07) is 6.48. The standard InChI is InChI=1S/C23H22F6N2O3/c24-22(25,26)18-12-14(20(30)32)8-11-17(18)19(21(33)31-15-4-2-1-3-5-15)13-6-9-16(10-7-13)34-23(27,28)29/h6-12,15,19H,1-5H2,(H2,30,32)(H,31,33). The molecule has 0 bridgehead atoms. The number of hydrogen-bond donors (Lipinski definition) is 2. The number of rotatable bonds is 6. The van der Waals surface area contributed by atoms with E-state index in [2.05, 4.69) is 10.1 Å². The summed E-state index contributed by atoms with van der Waals surface area (Å²) in [4.78, 5) is 24.7. The van der Waals surface area contributed by atoms with Crippen molar-refractivity contribution in [2.24, 2.45) is 5.73 Å². The number of nitrogens with two attached hydrogens (primary N) is 1. The fraction of sp³-hybridized carbons (Fsp3) is 0.391. The molecule has 1 aliphatic rings. The Morgan fingerprint density at radius 2 is 1.56 bits per heavy atom. The zero-order valence-corrected chi connectivity index (χ0v) is 17.8. The molecule has 0 radical (unpaired) electrons. The number of benzene rings is 2. The van der Waals surface area contributed by atoms with E-state index in [1.165, 1.54) is 0 Å². The molecule has 0 aliphatic heterocycles. The van der Waals surface area contributed by atoms with E-state index in [1.54, 1.807) is 0 Å². The fourth-order valence-corrected chi connectivity index (χ4v) is 4.07. The van der Waals surface area contributed by atoms with E-state index in [0.717, 1.165) is 55.7 Å². The first-order chi connectivity index (χ1) is 15.8. The number of hydrogen-bond acceptors (Lipinski definition) is 3. The van der Waals surface area contributed by atoms with Crippen LogP contribution in [0.5, 0.6) is 5.75 Å². The summed E-state index contributed by atoms with van der Waals surface area (Å²) in [6.45, 7) is 0. The molecule has 1 saturated carbocycles. The molecule has 1 fully saturated rings. The Labute approximate surface area is 191 Å². The molecule has 1 aliphatic carbocycles. The lowest BCUT2D eigenvalue weighted by molar-refractivity contribution is -0.274. The Kier molecular flexibility index (Phi) is 7.42.